The van der Waals surface area contributed by atoms with Crippen LogP contribution in [0.1, 0.15) is 19.8 Å². The summed E-state index contributed by atoms with van der Waals surface area (Å²) in [6.45, 7) is 11.4. The third-order valence-corrected chi connectivity index (χ3v) is 5.22. The molecule has 2 heterocycles. The molecule has 0 radical (unpaired) electrons. The SMILES string of the molecule is CCNC(=NCC1CCCN(C)C1)N1CCN(CC(=O)NCCOC)CC1. The van der Waals surface area contributed by atoms with E-state index < -0.39 is 0 Å². The van der Waals surface area contributed by atoms with Gasteiger partial charge in [-0.1, -0.05) is 0 Å². The number of hydrogen-bond donors (Lipinski definition) is 2. The number of amides is 1. The number of guanidine groups is 1. The van der Waals surface area contributed by atoms with E-state index in [0.29, 0.717) is 25.6 Å². The van der Waals surface area contributed by atoms with Crippen LogP contribution in [-0.2, 0) is 9.53 Å². The maximum absolute atomic E-state index is 11.9. The molecule has 0 aromatic heterocycles. The first-order valence-electron chi connectivity index (χ1n) is 10.3. The number of ether oxygens (including phenoxy) is 1. The lowest BCUT2D eigenvalue weighted by Gasteiger charge is -2.36. The van der Waals surface area contributed by atoms with Crippen LogP contribution in [0.4, 0.5) is 0 Å². The molecule has 156 valence electrons. The summed E-state index contributed by atoms with van der Waals surface area (Å²) in [5.74, 6) is 1.76. The maximum atomic E-state index is 11.9. The van der Waals surface area contributed by atoms with Crippen molar-refractivity contribution in [3.05, 3.63) is 0 Å². The Hall–Kier alpha value is -1.38. The molecule has 2 fully saturated rings. The normalized spacial score (nSPS) is 22.7. The monoisotopic (exact) mass is 382 g/mol. The minimum absolute atomic E-state index is 0.0718. The third kappa shape index (κ3) is 8.02. The van der Waals surface area contributed by atoms with Crippen LogP contribution in [0.2, 0.25) is 0 Å². The molecule has 0 saturated carbocycles. The minimum atomic E-state index is 0.0718. The van der Waals surface area contributed by atoms with Crippen molar-refractivity contribution in [1.82, 2.24) is 25.3 Å². The Morgan fingerprint density at radius 3 is 2.63 bits per heavy atom. The smallest absolute Gasteiger partial charge is 0.234 e. The fraction of sp³-hybridized carbons (Fsp3) is 0.895. The molecule has 0 aliphatic carbocycles. The van der Waals surface area contributed by atoms with E-state index in [1.807, 2.05) is 0 Å². The first-order valence-corrected chi connectivity index (χ1v) is 10.3. The van der Waals surface area contributed by atoms with E-state index in [9.17, 15) is 4.79 Å². The summed E-state index contributed by atoms with van der Waals surface area (Å²) < 4.78 is 4.96. The molecule has 1 unspecified atom stereocenters. The lowest BCUT2D eigenvalue weighted by atomic mass is 9.99. The first kappa shape index (κ1) is 21.9. The summed E-state index contributed by atoms with van der Waals surface area (Å²) in [6, 6.07) is 0. The van der Waals surface area contributed by atoms with Crippen molar-refractivity contribution in [2.75, 3.05) is 86.2 Å². The number of nitrogens with zero attached hydrogens (tertiary/aromatic N) is 4. The molecule has 8 heteroatoms. The first-order chi connectivity index (χ1) is 13.1. The summed E-state index contributed by atoms with van der Waals surface area (Å²) >= 11 is 0. The second kappa shape index (κ2) is 12.2. The van der Waals surface area contributed by atoms with Crippen molar-refractivity contribution >= 4 is 11.9 Å². The number of piperidine rings is 1. The van der Waals surface area contributed by atoms with Crippen LogP contribution in [0.5, 0.6) is 0 Å². The van der Waals surface area contributed by atoms with E-state index in [1.54, 1.807) is 7.11 Å². The van der Waals surface area contributed by atoms with Crippen molar-refractivity contribution in [3.63, 3.8) is 0 Å². The van der Waals surface area contributed by atoms with Gasteiger partial charge in [-0.05, 0) is 39.3 Å². The molecule has 2 rings (SSSR count). The Morgan fingerprint density at radius 1 is 1.19 bits per heavy atom. The van der Waals surface area contributed by atoms with Gasteiger partial charge in [-0.2, -0.15) is 0 Å². The minimum Gasteiger partial charge on any atom is -0.383 e. The Morgan fingerprint density at radius 2 is 1.96 bits per heavy atom. The number of methoxy groups -OCH3 is 1. The van der Waals surface area contributed by atoms with Gasteiger partial charge in [0.15, 0.2) is 5.96 Å². The molecule has 1 amide bonds. The number of hydrogen-bond acceptors (Lipinski definition) is 5. The quantitative estimate of drug-likeness (QED) is 0.340. The molecule has 2 aliphatic rings. The number of rotatable bonds is 8. The van der Waals surface area contributed by atoms with Gasteiger partial charge < -0.3 is 25.2 Å². The standard InChI is InChI=1S/C19H38N6O2/c1-4-20-19(22-14-17-6-5-8-23(2)15-17)25-11-9-24(10-12-25)16-18(26)21-7-13-27-3/h17H,4-16H2,1-3H3,(H,20,22)(H,21,26). The Kier molecular flexibility index (Phi) is 9.86. The van der Waals surface area contributed by atoms with E-state index >= 15 is 0 Å². The van der Waals surface area contributed by atoms with Gasteiger partial charge in [0.1, 0.15) is 0 Å². The summed E-state index contributed by atoms with van der Waals surface area (Å²) in [5.41, 5.74) is 0. The van der Waals surface area contributed by atoms with Crippen molar-refractivity contribution in [1.29, 1.82) is 0 Å². The largest absolute Gasteiger partial charge is 0.383 e. The van der Waals surface area contributed by atoms with Gasteiger partial charge in [-0.3, -0.25) is 14.7 Å². The van der Waals surface area contributed by atoms with Gasteiger partial charge in [0, 0.05) is 59.5 Å². The van der Waals surface area contributed by atoms with Crippen LogP contribution in [0.3, 0.4) is 0 Å². The Labute approximate surface area is 164 Å². The second-order valence-electron chi connectivity index (χ2n) is 7.57. The van der Waals surface area contributed by atoms with Gasteiger partial charge in [-0.15, -0.1) is 0 Å². The summed E-state index contributed by atoms with van der Waals surface area (Å²) in [5, 5.41) is 6.33. The zero-order valence-electron chi connectivity index (χ0n) is 17.4. The van der Waals surface area contributed by atoms with Crippen molar-refractivity contribution < 1.29 is 9.53 Å². The highest BCUT2D eigenvalue weighted by Gasteiger charge is 2.22. The molecule has 0 bridgehead atoms. The van der Waals surface area contributed by atoms with Crippen molar-refractivity contribution in [2.45, 2.75) is 19.8 Å². The van der Waals surface area contributed by atoms with Gasteiger partial charge >= 0.3 is 0 Å². The second-order valence-corrected chi connectivity index (χ2v) is 7.57. The third-order valence-electron chi connectivity index (χ3n) is 5.22. The van der Waals surface area contributed by atoms with Crippen LogP contribution in [0.25, 0.3) is 0 Å². The number of carbonyl (C=O) groups excluding carboxylic acids is 1. The predicted molar refractivity (Wildman–Crippen MR) is 109 cm³/mol. The molecule has 2 saturated heterocycles. The van der Waals surface area contributed by atoms with E-state index in [2.05, 4.69) is 39.3 Å². The van der Waals surface area contributed by atoms with Crippen molar-refractivity contribution in [3.8, 4) is 0 Å². The van der Waals surface area contributed by atoms with E-state index in [0.717, 1.165) is 51.8 Å². The molecular weight excluding hydrogens is 344 g/mol. The average Bonchev–Trinajstić information content (AvgIpc) is 2.66. The number of piperazine rings is 1. The summed E-state index contributed by atoms with van der Waals surface area (Å²) in [4.78, 5) is 23.8. The molecule has 8 nitrogen and oxygen atoms in total. The summed E-state index contributed by atoms with van der Waals surface area (Å²) in [7, 11) is 3.84. The predicted octanol–water partition coefficient (Wildman–Crippen LogP) is -0.326. The van der Waals surface area contributed by atoms with Gasteiger partial charge in [0.2, 0.25) is 5.91 Å². The zero-order valence-corrected chi connectivity index (χ0v) is 17.4. The van der Waals surface area contributed by atoms with Crippen LogP contribution in [0, 0.1) is 5.92 Å². The molecular formula is C19H38N6O2. The number of carbonyl (C=O) groups is 1. The fourth-order valence-electron chi connectivity index (χ4n) is 3.73. The summed E-state index contributed by atoms with van der Waals surface area (Å²) in [6.07, 6.45) is 2.55. The molecule has 2 N–H and O–H groups in total. The molecule has 0 aromatic rings. The average molecular weight is 383 g/mol. The zero-order chi connectivity index (χ0) is 19.5. The Balaban J connectivity index is 1.76. The van der Waals surface area contributed by atoms with E-state index in [-0.39, 0.29) is 5.91 Å². The number of likely N-dealkylation sites (tertiary alicyclic amines) is 1. The van der Waals surface area contributed by atoms with Crippen LogP contribution < -0.4 is 10.6 Å². The van der Waals surface area contributed by atoms with Crippen LogP contribution >= 0.6 is 0 Å². The van der Waals surface area contributed by atoms with E-state index in [4.69, 9.17) is 9.73 Å². The fourth-order valence-corrected chi connectivity index (χ4v) is 3.73. The molecule has 2 aliphatic heterocycles. The Bertz CT molecular complexity index is 465. The highest BCUT2D eigenvalue weighted by atomic mass is 16.5. The van der Waals surface area contributed by atoms with Crippen molar-refractivity contribution in [2.24, 2.45) is 10.9 Å². The molecule has 1 atom stereocenters. The topological polar surface area (TPSA) is 72.4 Å². The van der Waals surface area contributed by atoms with Crippen LogP contribution in [-0.4, -0.2) is 113 Å². The van der Waals surface area contributed by atoms with Gasteiger partial charge in [0.05, 0.1) is 13.2 Å². The van der Waals surface area contributed by atoms with Gasteiger partial charge in [-0.25, -0.2) is 0 Å². The molecule has 0 aromatic carbocycles. The molecule has 0 spiro atoms. The van der Waals surface area contributed by atoms with E-state index in [1.165, 1.54) is 19.4 Å². The number of nitrogens with one attached hydrogen (secondary N) is 2. The number of aliphatic imine (C=N–C) groups is 1. The highest BCUT2D eigenvalue weighted by Crippen LogP contribution is 2.15. The maximum Gasteiger partial charge on any atom is 0.234 e. The molecule has 27 heavy (non-hydrogen) atoms. The lowest BCUT2D eigenvalue weighted by molar-refractivity contribution is -0.122. The van der Waals surface area contributed by atoms with Gasteiger partial charge in [0.25, 0.3) is 0 Å². The highest BCUT2D eigenvalue weighted by molar-refractivity contribution is 5.80. The van der Waals surface area contributed by atoms with Crippen LogP contribution in [0.15, 0.2) is 4.99 Å². The lowest BCUT2D eigenvalue weighted by Crippen LogP contribution is -2.54.